The highest BCUT2D eigenvalue weighted by Crippen LogP contribution is 2.31. The summed E-state index contributed by atoms with van der Waals surface area (Å²) in [4.78, 5) is 25.3. The average molecular weight is 495 g/mol. The van der Waals surface area contributed by atoms with E-state index >= 15 is 0 Å². The van der Waals surface area contributed by atoms with Crippen molar-refractivity contribution in [3.63, 3.8) is 0 Å². The fourth-order valence-corrected chi connectivity index (χ4v) is 3.27. The predicted molar refractivity (Wildman–Crippen MR) is 122 cm³/mol. The fourth-order valence-electron chi connectivity index (χ4n) is 3.04. The van der Waals surface area contributed by atoms with E-state index in [1.165, 1.54) is 24.3 Å². The van der Waals surface area contributed by atoms with Gasteiger partial charge >= 0.3 is 12.2 Å². The lowest BCUT2D eigenvalue weighted by Gasteiger charge is -2.21. The first-order chi connectivity index (χ1) is 16.0. The van der Waals surface area contributed by atoms with E-state index in [2.05, 4.69) is 23.4 Å². The highest BCUT2D eigenvalue weighted by atomic mass is 32.1. The third-order valence-electron chi connectivity index (χ3n) is 4.77. The number of carbonyl (C=O) groups is 2. The van der Waals surface area contributed by atoms with Crippen LogP contribution in [-0.4, -0.2) is 11.9 Å². The van der Waals surface area contributed by atoms with Crippen LogP contribution in [0.3, 0.4) is 0 Å². The smallest absolute Gasteiger partial charge is 0.322 e. The molecule has 0 unspecified atom stereocenters. The SMILES string of the molecule is CCc1ccc(C(=O)Nc2ccc(F)c(F)c2)cc1N(S)C(=O)Nc1cccc(C(F)(F)F)c1. The van der Waals surface area contributed by atoms with Gasteiger partial charge in [-0.05, 0) is 54.4 Å². The Bertz CT molecular complexity index is 1230. The van der Waals surface area contributed by atoms with Crippen molar-refractivity contribution in [1.29, 1.82) is 0 Å². The number of thiol groups is 1. The molecule has 0 aliphatic rings. The number of urea groups is 1. The third-order valence-corrected chi connectivity index (χ3v) is 5.16. The summed E-state index contributed by atoms with van der Waals surface area (Å²) in [6, 6.07) is 10.5. The standard InChI is InChI=1S/C23H18F5N3O2S/c1-2-13-6-7-14(21(32)29-17-8-9-18(24)19(25)12-17)10-20(13)31(34)22(33)30-16-5-3-4-15(11-16)23(26,27)28/h3-12,34H,2H2,1H3,(H,29,32)(H,30,33). The highest BCUT2D eigenvalue weighted by Gasteiger charge is 2.30. The average Bonchev–Trinajstić information content (AvgIpc) is 2.80. The Morgan fingerprint density at radius 2 is 1.62 bits per heavy atom. The molecule has 0 saturated carbocycles. The molecular weight excluding hydrogens is 477 g/mol. The summed E-state index contributed by atoms with van der Waals surface area (Å²) in [5.41, 5.74) is -0.0741. The summed E-state index contributed by atoms with van der Waals surface area (Å²) in [6.07, 6.45) is -4.12. The van der Waals surface area contributed by atoms with Gasteiger partial charge in [0.05, 0.1) is 11.3 Å². The number of carbonyl (C=O) groups excluding carboxylic acids is 2. The molecule has 0 aliphatic carbocycles. The number of anilines is 3. The number of hydrogen-bond acceptors (Lipinski definition) is 3. The van der Waals surface area contributed by atoms with Crippen LogP contribution in [0, 0.1) is 11.6 Å². The summed E-state index contributed by atoms with van der Waals surface area (Å²) in [5.74, 6) is -2.85. The first-order valence-electron chi connectivity index (χ1n) is 9.86. The first-order valence-corrected chi connectivity index (χ1v) is 10.3. The Morgan fingerprint density at radius 3 is 2.26 bits per heavy atom. The second-order valence-electron chi connectivity index (χ2n) is 7.10. The summed E-state index contributed by atoms with van der Waals surface area (Å²) < 4.78 is 66.2. The molecule has 0 aromatic heterocycles. The van der Waals surface area contributed by atoms with Crippen LogP contribution < -0.4 is 14.9 Å². The van der Waals surface area contributed by atoms with Crippen LogP contribution in [0.15, 0.2) is 60.7 Å². The topological polar surface area (TPSA) is 61.4 Å². The van der Waals surface area contributed by atoms with E-state index in [0.717, 1.165) is 34.6 Å². The Labute approximate surface area is 197 Å². The van der Waals surface area contributed by atoms with E-state index in [9.17, 15) is 31.5 Å². The first kappa shape index (κ1) is 25.0. The molecule has 0 radical (unpaired) electrons. The van der Waals surface area contributed by atoms with Crippen molar-refractivity contribution in [3.8, 4) is 0 Å². The van der Waals surface area contributed by atoms with Gasteiger partial charge in [-0.2, -0.15) is 13.2 Å². The van der Waals surface area contributed by atoms with Crippen molar-refractivity contribution >= 4 is 41.8 Å². The van der Waals surface area contributed by atoms with Crippen LogP contribution in [-0.2, 0) is 12.6 Å². The van der Waals surface area contributed by atoms with Crippen LogP contribution in [0.25, 0.3) is 0 Å². The number of alkyl halides is 3. The number of halogens is 5. The molecule has 0 heterocycles. The van der Waals surface area contributed by atoms with Crippen molar-refractivity contribution in [2.45, 2.75) is 19.5 Å². The van der Waals surface area contributed by atoms with Crippen molar-refractivity contribution in [3.05, 3.63) is 89.0 Å². The van der Waals surface area contributed by atoms with Crippen LogP contribution in [0.1, 0.15) is 28.4 Å². The Morgan fingerprint density at radius 1 is 0.912 bits per heavy atom. The van der Waals surface area contributed by atoms with Gasteiger partial charge in [-0.3, -0.25) is 4.79 Å². The zero-order valence-electron chi connectivity index (χ0n) is 17.6. The zero-order chi connectivity index (χ0) is 25.0. The molecule has 0 atom stereocenters. The maximum absolute atomic E-state index is 13.4. The number of amides is 3. The monoisotopic (exact) mass is 495 g/mol. The normalized spacial score (nSPS) is 11.1. The van der Waals surface area contributed by atoms with Gasteiger partial charge in [-0.15, -0.1) is 0 Å². The second kappa shape index (κ2) is 10.1. The molecule has 3 amide bonds. The maximum Gasteiger partial charge on any atom is 0.416 e. The van der Waals surface area contributed by atoms with Gasteiger partial charge in [0.15, 0.2) is 11.6 Å². The molecule has 0 bridgehead atoms. The number of benzene rings is 3. The number of aryl methyl sites for hydroxylation is 1. The van der Waals surface area contributed by atoms with Crippen LogP contribution in [0.5, 0.6) is 0 Å². The van der Waals surface area contributed by atoms with E-state index < -0.39 is 35.3 Å². The minimum Gasteiger partial charge on any atom is -0.322 e. The largest absolute Gasteiger partial charge is 0.416 e. The molecule has 11 heteroatoms. The van der Waals surface area contributed by atoms with Crippen molar-refractivity contribution in [2.24, 2.45) is 0 Å². The molecule has 34 heavy (non-hydrogen) atoms. The molecular formula is C23H18F5N3O2S. The van der Waals surface area contributed by atoms with Gasteiger partial charge in [0, 0.05) is 23.0 Å². The summed E-state index contributed by atoms with van der Waals surface area (Å²) in [5, 5.41) is 4.76. The summed E-state index contributed by atoms with van der Waals surface area (Å²) in [6.45, 7) is 1.80. The molecule has 5 nitrogen and oxygen atoms in total. The summed E-state index contributed by atoms with van der Waals surface area (Å²) in [7, 11) is 0. The lowest BCUT2D eigenvalue weighted by molar-refractivity contribution is -0.137. The van der Waals surface area contributed by atoms with Crippen LogP contribution in [0.2, 0.25) is 0 Å². The Hall–Kier alpha value is -3.60. The molecule has 0 saturated heterocycles. The Balaban J connectivity index is 1.82. The van der Waals surface area contributed by atoms with Crippen LogP contribution in [0.4, 0.5) is 43.8 Å². The Kier molecular flexibility index (Phi) is 7.45. The predicted octanol–water partition coefficient (Wildman–Crippen LogP) is 6.68. The molecule has 3 rings (SSSR count). The third kappa shape index (κ3) is 5.84. The molecule has 0 aliphatic heterocycles. The molecule has 3 aromatic carbocycles. The number of nitrogens with one attached hydrogen (secondary N) is 2. The van der Waals surface area contributed by atoms with E-state index in [-0.39, 0.29) is 22.6 Å². The molecule has 3 aromatic rings. The number of hydrogen-bond donors (Lipinski definition) is 3. The number of rotatable bonds is 5. The van der Waals surface area contributed by atoms with Crippen molar-refractivity contribution in [2.75, 3.05) is 14.9 Å². The van der Waals surface area contributed by atoms with Crippen LogP contribution >= 0.6 is 12.8 Å². The van der Waals surface area contributed by atoms with E-state index in [1.807, 2.05) is 0 Å². The lowest BCUT2D eigenvalue weighted by Crippen LogP contribution is -2.28. The zero-order valence-corrected chi connectivity index (χ0v) is 18.5. The van der Waals surface area contributed by atoms with E-state index in [1.54, 1.807) is 13.0 Å². The fraction of sp³-hybridized carbons (Fsp3) is 0.130. The molecule has 0 fully saturated rings. The minimum atomic E-state index is -4.58. The second-order valence-corrected chi connectivity index (χ2v) is 7.50. The number of nitrogens with zero attached hydrogens (tertiary/aromatic N) is 1. The van der Waals surface area contributed by atoms with Crippen molar-refractivity contribution < 1.29 is 31.5 Å². The minimum absolute atomic E-state index is 0.0232. The van der Waals surface area contributed by atoms with Gasteiger partial charge in [-0.25, -0.2) is 17.9 Å². The highest BCUT2D eigenvalue weighted by molar-refractivity contribution is 7.82. The van der Waals surface area contributed by atoms with Gasteiger partial charge in [0.25, 0.3) is 5.91 Å². The quantitative estimate of drug-likeness (QED) is 0.273. The van der Waals surface area contributed by atoms with Gasteiger partial charge in [-0.1, -0.05) is 31.9 Å². The lowest BCUT2D eigenvalue weighted by atomic mass is 10.1. The summed E-state index contributed by atoms with van der Waals surface area (Å²) >= 11 is 4.17. The molecule has 0 spiro atoms. The van der Waals surface area contributed by atoms with Crippen molar-refractivity contribution in [1.82, 2.24) is 0 Å². The van der Waals surface area contributed by atoms with E-state index in [4.69, 9.17) is 0 Å². The van der Waals surface area contributed by atoms with Gasteiger partial charge < -0.3 is 10.6 Å². The molecule has 178 valence electrons. The van der Waals surface area contributed by atoms with E-state index in [0.29, 0.717) is 12.0 Å². The maximum atomic E-state index is 13.4. The molecule has 2 N–H and O–H groups in total. The van der Waals surface area contributed by atoms with Gasteiger partial charge in [0.2, 0.25) is 0 Å². The van der Waals surface area contributed by atoms with Gasteiger partial charge in [0.1, 0.15) is 0 Å².